The molecule has 0 saturated carbocycles. The molecule has 1 N–H and O–H groups in total. The Bertz CT molecular complexity index is 179. The molecular formula is C6H8O4. The van der Waals surface area contributed by atoms with E-state index in [2.05, 4.69) is 0 Å². The number of rotatable bonds is 1. The SMILES string of the molecule is O=C(O)[C@]12COCC[C@H]1O2. The molecule has 0 unspecified atom stereocenters. The zero-order valence-corrected chi connectivity index (χ0v) is 5.37. The number of aliphatic carboxylic acids is 1. The summed E-state index contributed by atoms with van der Waals surface area (Å²) in [4.78, 5) is 10.5. The van der Waals surface area contributed by atoms with Gasteiger partial charge in [-0.1, -0.05) is 0 Å². The summed E-state index contributed by atoms with van der Waals surface area (Å²) in [6.07, 6.45) is 0.630. The molecule has 0 bridgehead atoms. The zero-order chi connectivity index (χ0) is 7.19. The Balaban J connectivity index is 2.12. The highest BCUT2D eigenvalue weighted by Gasteiger charge is 2.64. The van der Waals surface area contributed by atoms with Gasteiger partial charge in [-0.05, 0) is 0 Å². The normalized spacial score (nSPS) is 44.2. The van der Waals surface area contributed by atoms with Crippen LogP contribution < -0.4 is 0 Å². The lowest BCUT2D eigenvalue weighted by Crippen LogP contribution is -2.36. The van der Waals surface area contributed by atoms with Crippen LogP contribution in [0.25, 0.3) is 0 Å². The molecule has 4 nitrogen and oxygen atoms in total. The van der Waals surface area contributed by atoms with Gasteiger partial charge in [-0.15, -0.1) is 0 Å². The molecule has 2 saturated heterocycles. The third kappa shape index (κ3) is 0.602. The molecule has 2 aliphatic heterocycles. The van der Waals surface area contributed by atoms with Crippen LogP contribution in [0.1, 0.15) is 6.42 Å². The predicted molar refractivity (Wildman–Crippen MR) is 30.7 cm³/mol. The molecule has 4 heteroatoms. The molecule has 0 aromatic rings. The fourth-order valence-electron chi connectivity index (χ4n) is 1.30. The van der Waals surface area contributed by atoms with Crippen molar-refractivity contribution in [2.75, 3.05) is 13.2 Å². The van der Waals surface area contributed by atoms with Crippen LogP contribution in [0.5, 0.6) is 0 Å². The highest BCUT2D eigenvalue weighted by atomic mass is 16.7. The molecule has 2 aliphatic rings. The van der Waals surface area contributed by atoms with Crippen molar-refractivity contribution in [2.45, 2.75) is 18.1 Å². The first-order valence-electron chi connectivity index (χ1n) is 3.25. The Kier molecular flexibility index (Phi) is 1.04. The van der Waals surface area contributed by atoms with Gasteiger partial charge in [0.2, 0.25) is 5.60 Å². The molecule has 2 heterocycles. The second-order valence-electron chi connectivity index (χ2n) is 2.64. The molecular weight excluding hydrogens is 136 g/mol. The predicted octanol–water partition coefficient (Wildman–Crippen LogP) is -0.371. The van der Waals surface area contributed by atoms with Crippen LogP contribution in [0, 0.1) is 0 Å². The van der Waals surface area contributed by atoms with Gasteiger partial charge >= 0.3 is 5.97 Å². The van der Waals surface area contributed by atoms with Gasteiger partial charge in [0.05, 0.1) is 6.61 Å². The Hall–Kier alpha value is -0.610. The lowest BCUT2D eigenvalue weighted by molar-refractivity contribution is -0.146. The summed E-state index contributed by atoms with van der Waals surface area (Å²) in [5, 5.41) is 8.63. The second-order valence-corrected chi connectivity index (χ2v) is 2.64. The molecule has 0 aliphatic carbocycles. The molecule has 0 aromatic carbocycles. The van der Waals surface area contributed by atoms with E-state index in [1.165, 1.54) is 0 Å². The van der Waals surface area contributed by atoms with E-state index < -0.39 is 11.6 Å². The lowest BCUT2D eigenvalue weighted by Gasteiger charge is -2.12. The molecule has 0 spiro atoms. The van der Waals surface area contributed by atoms with Gasteiger partial charge in [0, 0.05) is 13.0 Å². The van der Waals surface area contributed by atoms with E-state index in [4.69, 9.17) is 14.6 Å². The van der Waals surface area contributed by atoms with Gasteiger partial charge in [0.15, 0.2) is 0 Å². The summed E-state index contributed by atoms with van der Waals surface area (Å²) in [5.41, 5.74) is -0.960. The van der Waals surface area contributed by atoms with Crippen LogP contribution in [0.15, 0.2) is 0 Å². The molecule has 10 heavy (non-hydrogen) atoms. The average Bonchev–Trinajstić information content (AvgIpc) is 2.61. The van der Waals surface area contributed by atoms with Gasteiger partial charge < -0.3 is 14.6 Å². The molecule has 2 fully saturated rings. The highest BCUT2D eigenvalue weighted by Crippen LogP contribution is 2.42. The maximum Gasteiger partial charge on any atom is 0.341 e. The number of carboxylic acid groups (broad SMARTS) is 1. The zero-order valence-electron chi connectivity index (χ0n) is 5.37. The van der Waals surface area contributed by atoms with Crippen molar-refractivity contribution in [3.05, 3.63) is 0 Å². The van der Waals surface area contributed by atoms with Gasteiger partial charge in [0.25, 0.3) is 0 Å². The fraction of sp³-hybridized carbons (Fsp3) is 0.833. The largest absolute Gasteiger partial charge is 0.479 e. The van der Waals surface area contributed by atoms with Crippen molar-refractivity contribution < 1.29 is 19.4 Å². The van der Waals surface area contributed by atoms with E-state index in [0.717, 1.165) is 0 Å². The van der Waals surface area contributed by atoms with Gasteiger partial charge in [-0.3, -0.25) is 0 Å². The van der Waals surface area contributed by atoms with Crippen LogP contribution in [0.4, 0.5) is 0 Å². The lowest BCUT2D eigenvalue weighted by atomic mass is 10.0. The first-order valence-corrected chi connectivity index (χ1v) is 3.25. The Morgan fingerprint density at radius 2 is 2.50 bits per heavy atom. The van der Waals surface area contributed by atoms with Crippen molar-refractivity contribution in [2.24, 2.45) is 0 Å². The minimum atomic E-state index is -0.960. The smallest absolute Gasteiger partial charge is 0.341 e. The van der Waals surface area contributed by atoms with Gasteiger partial charge in [-0.2, -0.15) is 0 Å². The second kappa shape index (κ2) is 1.71. The minimum Gasteiger partial charge on any atom is -0.479 e. The van der Waals surface area contributed by atoms with E-state index in [0.29, 0.717) is 13.0 Å². The topological polar surface area (TPSA) is 59.1 Å². The van der Waals surface area contributed by atoms with Gasteiger partial charge in [-0.25, -0.2) is 4.79 Å². The van der Waals surface area contributed by atoms with Crippen molar-refractivity contribution >= 4 is 5.97 Å². The molecule has 56 valence electrons. The summed E-state index contributed by atoms with van der Waals surface area (Å²) >= 11 is 0. The van der Waals surface area contributed by atoms with Crippen molar-refractivity contribution in [3.63, 3.8) is 0 Å². The van der Waals surface area contributed by atoms with Crippen LogP contribution in [0.2, 0.25) is 0 Å². The van der Waals surface area contributed by atoms with E-state index in [-0.39, 0.29) is 12.7 Å². The maximum absolute atomic E-state index is 10.5. The summed E-state index contributed by atoms with van der Waals surface area (Å²) < 4.78 is 9.98. The highest BCUT2D eigenvalue weighted by molar-refractivity contribution is 5.81. The molecule has 2 rings (SSSR count). The van der Waals surface area contributed by atoms with Crippen molar-refractivity contribution in [3.8, 4) is 0 Å². The third-order valence-corrected chi connectivity index (χ3v) is 2.02. The quantitative estimate of drug-likeness (QED) is 0.510. The van der Waals surface area contributed by atoms with E-state index in [9.17, 15) is 4.79 Å². The number of epoxide rings is 1. The molecule has 0 amide bonds. The fourth-order valence-corrected chi connectivity index (χ4v) is 1.30. The number of hydrogen-bond acceptors (Lipinski definition) is 3. The van der Waals surface area contributed by atoms with Gasteiger partial charge in [0.1, 0.15) is 6.10 Å². The van der Waals surface area contributed by atoms with E-state index >= 15 is 0 Å². The Morgan fingerprint density at radius 3 is 3.00 bits per heavy atom. The van der Waals surface area contributed by atoms with E-state index in [1.54, 1.807) is 0 Å². The molecule has 0 aromatic heterocycles. The van der Waals surface area contributed by atoms with Crippen LogP contribution in [-0.2, 0) is 14.3 Å². The summed E-state index contributed by atoms with van der Waals surface area (Å²) in [7, 11) is 0. The molecule has 2 atom stereocenters. The monoisotopic (exact) mass is 144 g/mol. The number of hydrogen-bond donors (Lipinski definition) is 1. The first-order chi connectivity index (χ1) is 4.76. The maximum atomic E-state index is 10.5. The molecule has 0 radical (unpaired) electrons. The van der Waals surface area contributed by atoms with Crippen molar-refractivity contribution in [1.29, 1.82) is 0 Å². The third-order valence-electron chi connectivity index (χ3n) is 2.02. The Labute approximate surface area is 57.7 Å². The number of carbonyl (C=O) groups is 1. The van der Waals surface area contributed by atoms with Crippen LogP contribution in [-0.4, -0.2) is 36.0 Å². The van der Waals surface area contributed by atoms with Crippen LogP contribution in [0.3, 0.4) is 0 Å². The first kappa shape index (κ1) is 6.12. The number of ether oxygens (including phenoxy) is 2. The Morgan fingerprint density at radius 1 is 1.70 bits per heavy atom. The number of fused-ring (bicyclic) bond motifs is 1. The summed E-state index contributed by atoms with van der Waals surface area (Å²) in [5.74, 6) is -0.891. The minimum absolute atomic E-state index is 0.0845. The standard InChI is InChI=1S/C6H8O4/c7-5(8)6-3-9-2-1-4(6)10-6/h4H,1-3H2,(H,7,8)/t4-,6+/m1/s1. The van der Waals surface area contributed by atoms with Crippen molar-refractivity contribution in [1.82, 2.24) is 0 Å². The number of carboxylic acids is 1. The summed E-state index contributed by atoms with van der Waals surface area (Å²) in [6.45, 7) is 0.840. The average molecular weight is 144 g/mol. The van der Waals surface area contributed by atoms with E-state index in [1.807, 2.05) is 0 Å². The van der Waals surface area contributed by atoms with Crippen LogP contribution >= 0.6 is 0 Å². The summed E-state index contributed by atoms with van der Waals surface area (Å²) in [6, 6.07) is 0.